The summed E-state index contributed by atoms with van der Waals surface area (Å²) in [5.74, 6) is 1.66. The number of ether oxygens (including phenoxy) is 2. The minimum Gasteiger partial charge on any atom is -0.467 e. The van der Waals surface area contributed by atoms with E-state index in [0.29, 0.717) is 36.7 Å². The van der Waals surface area contributed by atoms with Crippen LogP contribution in [-0.4, -0.2) is 46.0 Å². The number of H-pyrrole nitrogens is 1. The molecule has 29 heavy (non-hydrogen) atoms. The molecule has 8 heteroatoms. The van der Waals surface area contributed by atoms with Gasteiger partial charge in [-0.1, -0.05) is 18.2 Å². The summed E-state index contributed by atoms with van der Waals surface area (Å²) in [6.45, 7) is 1.94. The number of aromatic nitrogens is 4. The molecule has 1 aliphatic rings. The van der Waals surface area contributed by atoms with Crippen LogP contribution in [0.25, 0.3) is 16.5 Å². The largest absolute Gasteiger partial charge is 0.467 e. The van der Waals surface area contributed by atoms with Crippen LogP contribution in [0.2, 0.25) is 0 Å². The topological polar surface area (TPSA) is 102 Å². The summed E-state index contributed by atoms with van der Waals surface area (Å²) in [5, 5.41) is 11.4. The van der Waals surface area contributed by atoms with Gasteiger partial charge < -0.3 is 14.8 Å². The number of nitrogens with zero attached hydrogens (tertiary/aromatic N) is 3. The highest BCUT2D eigenvalue weighted by molar-refractivity contribution is 5.91. The van der Waals surface area contributed by atoms with Crippen LogP contribution >= 0.6 is 0 Å². The Balaban J connectivity index is 1.71. The fourth-order valence-corrected chi connectivity index (χ4v) is 3.59. The van der Waals surface area contributed by atoms with E-state index in [0.717, 1.165) is 22.2 Å². The number of methoxy groups -OCH3 is 2. The van der Waals surface area contributed by atoms with E-state index in [1.54, 1.807) is 0 Å². The Kier molecular flexibility index (Phi) is 5.02. The van der Waals surface area contributed by atoms with Gasteiger partial charge in [0, 0.05) is 30.7 Å². The lowest BCUT2D eigenvalue weighted by atomic mass is 9.85. The third-order valence-electron chi connectivity index (χ3n) is 5.27. The number of rotatable bonds is 5. The first-order valence-electron chi connectivity index (χ1n) is 9.43. The quantitative estimate of drug-likeness (QED) is 0.639. The van der Waals surface area contributed by atoms with Crippen molar-refractivity contribution in [1.82, 2.24) is 20.2 Å². The van der Waals surface area contributed by atoms with Gasteiger partial charge >= 0.3 is 5.97 Å². The number of esters is 1. The Morgan fingerprint density at radius 3 is 2.72 bits per heavy atom. The number of aryl methyl sites for hydroxylation is 1. The normalized spacial score (nSPS) is 19.1. The van der Waals surface area contributed by atoms with Gasteiger partial charge in [-0.2, -0.15) is 5.10 Å². The van der Waals surface area contributed by atoms with Crippen LogP contribution < -0.4 is 5.32 Å². The van der Waals surface area contributed by atoms with Crippen molar-refractivity contribution in [3.63, 3.8) is 0 Å². The van der Waals surface area contributed by atoms with Crippen LogP contribution in [0.15, 0.2) is 36.4 Å². The summed E-state index contributed by atoms with van der Waals surface area (Å²) in [4.78, 5) is 21.7. The molecule has 0 spiro atoms. The highest BCUT2D eigenvalue weighted by atomic mass is 16.6. The molecule has 2 N–H and O–H groups in total. The van der Waals surface area contributed by atoms with E-state index < -0.39 is 5.60 Å². The summed E-state index contributed by atoms with van der Waals surface area (Å²) in [6.07, 6.45) is 3.52. The maximum atomic E-state index is 12.2. The molecule has 1 aromatic carbocycles. The highest BCUT2D eigenvalue weighted by Crippen LogP contribution is 2.36. The molecule has 2 aromatic heterocycles. The first-order chi connectivity index (χ1) is 14.0. The lowest BCUT2D eigenvalue weighted by molar-refractivity contribution is -0.166. The molecule has 0 radical (unpaired) electrons. The molecular formula is C21H23N5O3. The molecule has 0 saturated heterocycles. The number of hydrogen-bond donors (Lipinski definition) is 2. The van der Waals surface area contributed by atoms with Gasteiger partial charge in [0.25, 0.3) is 0 Å². The zero-order chi connectivity index (χ0) is 20.4. The Morgan fingerprint density at radius 1 is 1.24 bits per heavy atom. The molecule has 1 unspecified atom stereocenters. The van der Waals surface area contributed by atoms with E-state index in [1.165, 1.54) is 14.2 Å². The van der Waals surface area contributed by atoms with Gasteiger partial charge in [-0.25, -0.2) is 14.8 Å². The maximum absolute atomic E-state index is 12.2. The molecule has 0 fully saturated rings. The Morgan fingerprint density at radius 2 is 2.07 bits per heavy atom. The lowest BCUT2D eigenvalue weighted by Gasteiger charge is -2.32. The Bertz CT molecular complexity index is 1090. The van der Waals surface area contributed by atoms with Crippen molar-refractivity contribution >= 4 is 34.1 Å². The van der Waals surface area contributed by atoms with Crippen molar-refractivity contribution in [2.75, 3.05) is 19.5 Å². The van der Waals surface area contributed by atoms with Crippen molar-refractivity contribution in [3.05, 3.63) is 47.9 Å². The Labute approximate surface area is 168 Å². The van der Waals surface area contributed by atoms with Crippen LogP contribution in [0.1, 0.15) is 30.8 Å². The summed E-state index contributed by atoms with van der Waals surface area (Å²) >= 11 is 0. The van der Waals surface area contributed by atoms with Gasteiger partial charge in [0.2, 0.25) is 0 Å². The second kappa shape index (κ2) is 7.63. The second-order valence-electron chi connectivity index (χ2n) is 7.10. The summed E-state index contributed by atoms with van der Waals surface area (Å²) in [6, 6.07) is 9.75. The standard InChI is InChI=1S/C21H23N5O3/c1-13-12-17(26-25-13)23-19-15-6-4-5-7-16(15)22-18(24-19)14-8-10-21(29-3,11-9-14)20(27)28-2/h4-8,12H,9-11H2,1-3H3,(H2,22,23,24,25,26). The van der Waals surface area contributed by atoms with Crippen LogP contribution in [0, 0.1) is 6.92 Å². The van der Waals surface area contributed by atoms with Crippen LogP contribution in [0.4, 0.5) is 11.6 Å². The van der Waals surface area contributed by atoms with Gasteiger partial charge in [-0.3, -0.25) is 5.10 Å². The highest BCUT2D eigenvalue weighted by Gasteiger charge is 2.41. The number of carbonyl (C=O) groups excluding carboxylic acids is 1. The first kappa shape index (κ1) is 19.1. The first-order valence-corrected chi connectivity index (χ1v) is 9.43. The molecule has 2 heterocycles. The SMILES string of the molecule is COC(=O)C1(OC)CC=C(c2nc(Nc3cc(C)[nH]n3)c3ccccc3n2)CC1. The molecule has 0 saturated carbocycles. The lowest BCUT2D eigenvalue weighted by Crippen LogP contribution is -2.42. The number of aromatic amines is 1. The average Bonchev–Trinajstić information content (AvgIpc) is 3.17. The monoisotopic (exact) mass is 393 g/mol. The average molecular weight is 393 g/mol. The molecule has 0 amide bonds. The fourth-order valence-electron chi connectivity index (χ4n) is 3.59. The molecule has 150 valence electrons. The van der Waals surface area contributed by atoms with E-state index in [9.17, 15) is 4.79 Å². The molecule has 1 atom stereocenters. The van der Waals surface area contributed by atoms with Crippen molar-refractivity contribution in [2.24, 2.45) is 0 Å². The third-order valence-corrected chi connectivity index (χ3v) is 5.27. The molecule has 4 rings (SSSR count). The summed E-state index contributed by atoms with van der Waals surface area (Å²) < 4.78 is 10.4. The van der Waals surface area contributed by atoms with Crippen molar-refractivity contribution in [2.45, 2.75) is 31.8 Å². The fraction of sp³-hybridized carbons (Fsp3) is 0.333. The predicted octanol–water partition coefficient (Wildman–Crippen LogP) is 3.53. The Hall–Kier alpha value is -3.26. The molecular weight excluding hydrogens is 370 g/mol. The van der Waals surface area contributed by atoms with Gasteiger partial charge in [0.1, 0.15) is 5.82 Å². The third kappa shape index (κ3) is 3.58. The second-order valence-corrected chi connectivity index (χ2v) is 7.10. The van der Waals surface area contributed by atoms with Crippen molar-refractivity contribution in [1.29, 1.82) is 0 Å². The summed E-state index contributed by atoms with van der Waals surface area (Å²) in [7, 11) is 2.92. The van der Waals surface area contributed by atoms with E-state index in [-0.39, 0.29) is 5.97 Å². The zero-order valence-corrected chi connectivity index (χ0v) is 16.7. The molecule has 8 nitrogen and oxygen atoms in total. The number of benzene rings is 1. The van der Waals surface area contributed by atoms with Crippen LogP contribution in [0.3, 0.4) is 0 Å². The van der Waals surface area contributed by atoms with E-state index in [4.69, 9.17) is 19.4 Å². The molecule has 1 aliphatic carbocycles. The number of fused-ring (bicyclic) bond motifs is 1. The zero-order valence-electron chi connectivity index (χ0n) is 16.7. The minimum atomic E-state index is -0.942. The number of allylic oxidation sites excluding steroid dienone is 1. The van der Waals surface area contributed by atoms with E-state index in [2.05, 4.69) is 15.5 Å². The number of hydrogen-bond acceptors (Lipinski definition) is 7. The molecule has 0 aliphatic heterocycles. The number of anilines is 2. The number of nitrogens with one attached hydrogen (secondary N) is 2. The van der Waals surface area contributed by atoms with Crippen LogP contribution in [-0.2, 0) is 14.3 Å². The molecule has 3 aromatic rings. The minimum absolute atomic E-state index is 0.356. The van der Waals surface area contributed by atoms with Gasteiger partial charge in [-0.05, 0) is 37.5 Å². The maximum Gasteiger partial charge on any atom is 0.338 e. The van der Waals surface area contributed by atoms with Crippen LogP contribution in [0.5, 0.6) is 0 Å². The smallest absolute Gasteiger partial charge is 0.338 e. The van der Waals surface area contributed by atoms with Crippen molar-refractivity contribution < 1.29 is 14.3 Å². The van der Waals surface area contributed by atoms with E-state index >= 15 is 0 Å². The van der Waals surface area contributed by atoms with Gasteiger partial charge in [0.05, 0.1) is 12.6 Å². The number of carbonyl (C=O) groups is 1. The predicted molar refractivity (Wildman–Crippen MR) is 110 cm³/mol. The summed E-state index contributed by atoms with van der Waals surface area (Å²) in [5.41, 5.74) is 1.83. The molecule has 0 bridgehead atoms. The number of para-hydroxylation sites is 1. The van der Waals surface area contributed by atoms with Gasteiger partial charge in [-0.15, -0.1) is 0 Å². The van der Waals surface area contributed by atoms with Crippen molar-refractivity contribution in [3.8, 4) is 0 Å². The van der Waals surface area contributed by atoms with E-state index in [1.807, 2.05) is 43.3 Å². The van der Waals surface area contributed by atoms with Gasteiger partial charge in [0.15, 0.2) is 17.2 Å².